The number of aliphatic hydroxyl groups is 1. The molecule has 5 nitrogen and oxygen atoms in total. The van der Waals surface area contributed by atoms with Gasteiger partial charge in [-0.3, -0.25) is 10.7 Å². The number of amidine groups is 1. The molecule has 0 bridgehead atoms. The Hall–Kier alpha value is -1.36. The number of urea groups is 1. The summed E-state index contributed by atoms with van der Waals surface area (Å²) in [5.74, 6) is 0.0984. The van der Waals surface area contributed by atoms with Crippen molar-refractivity contribution < 1.29 is 9.90 Å². The molecule has 0 aromatic carbocycles. The lowest BCUT2D eigenvalue weighted by molar-refractivity contribution is -0.0160. The summed E-state index contributed by atoms with van der Waals surface area (Å²) in [6, 6.07) is -0.420. The van der Waals surface area contributed by atoms with E-state index >= 15 is 0 Å². The molecule has 3 N–H and O–H groups in total. The number of hydrogen-bond acceptors (Lipinski definition) is 3. The molecule has 17 heavy (non-hydrogen) atoms. The Kier molecular flexibility index (Phi) is 2.95. The third-order valence-corrected chi connectivity index (χ3v) is 3.91. The van der Waals surface area contributed by atoms with Gasteiger partial charge in [0.05, 0.1) is 5.41 Å². The molecular weight excluding hydrogens is 218 g/mol. The number of hydrogen-bond donors (Lipinski definition) is 3. The van der Waals surface area contributed by atoms with Crippen LogP contribution in [-0.4, -0.2) is 35.1 Å². The van der Waals surface area contributed by atoms with Gasteiger partial charge in [-0.25, -0.2) is 4.79 Å². The van der Waals surface area contributed by atoms with Gasteiger partial charge in [-0.1, -0.05) is 11.6 Å². The summed E-state index contributed by atoms with van der Waals surface area (Å²) in [5, 5.41) is 20.8. The van der Waals surface area contributed by atoms with Crippen molar-refractivity contribution >= 4 is 11.9 Å². The molecule has 2 atom stereocenters. The lowest BCUT2D eigenvalue weighted by atomic mass is 9.73. The number of rotatable bonds is 1. The zero-order chi connectivity index (χ0) is 12.6. The van der Waals surface area contributed by atoms with E-state index in [4.69, 9.17) is 5.41 Å². The van der Waals surface area contributed by atoms with Gasteiger partial charge in [0.15, 0.2) is 0 Å². The number of nitrogens with one attached hydrogen (secondary N) is 2. The molecule has 0 aromatic heterocycles. The summed E-state index contributed by atoms with van der Waals surface area (Å²) in [6.45, 7) is 1.83. The van der Waals surface area contributed by atoms with Crippen molar-refractivity contribution in [1.29, 1.82) is 5.41 Å². The van der Waals surface area contributed by atoms with Crippen LogP contribution in [0.15, 0.2) is 11.6 Å². The van der Waals surface area contributed by atoms with Crippen molar-refractivity contribution in [2.24, 2.45) is 5.41 Å². The lowest BCUT2D eigenvalue weighted by Crippen LogP contribution is -2.64. The Balaban J connectivity index is 2.36. The number of carbonyl (C=O) groups excluding carboxylic acids is 1. The summed E-state index contributed by atoms with van der Waals surface area (Å²) in [5.41, 5.74) is 0.274. The highest BCUT2D eigenvalue weighted by molar-refractivity contribution is 6.03. The van der Waals surface area contributed by atoms with E-state index in [1.807, 2.05) is 6.92 Å². The third-order valence-electron chi connectivity index (χ3n) is 3.91. The van der Waals surface area contributed by atoms with Gasteiger partial charge in [0.2, 0.25) is 0 Å². The topological polar surface area (TPSA) is 76.4 Å². The molecule has 5 heteroatoms. The maximum Gasteiger partial charge on any atom is 0.324 e. The zero-order valence-corrected chi connectivity index (χ0v) is 10.3. The standard InChI is InChI=1S/C12H19N3O2/c1-12(8-6-4-3-5-7-8)9(13)14-11(17)15(2)10(12)16/h6,10,16H,3-5,7H2,1-2H3,(H2,13,14,17). The average molecular weight is 237 g/mol. The molecule has 94 valence electrons. The van der Waals surface area contributed by atoms with Crippen molar-refractivity contribution in [2.45, 2.75) is 38.8 Å². The van der Waals surface area contributed by atoms with Gasteiger partial charge in [-0.15, -0.1) is 0 Å². The molecule has 0 saturated carbocycles. The van der Waals surface area contributed by atoms with Gasteiger partial charge in [0, 0.05) is 7.05 Å². The second-order valence-electron chi connectivity index (χ2n) is 4.97. The quantitative estimate of drug-likeness (QED) is 0.604. The first-order valence-corrected chi connectivity index (χ1v) is 5.98. The van der Waals surface area contributed by atoms with Crippen LogP contribution in [0, 0.1) is 10.8 Å². The van der Waals surface area contributed by atoms with E-state index in [1.165, 1.54) is 4.90 Å². The van der Waals surface area contributed by atoms with Crippen molar-refractivity contribution in [2.75, 3.05) is 7.05 Å². The first-order chi connectivity index (χ1) is 7.98. The van der Waals surface area contributed by atoms with Gasteiger partial charge in [-0.2, -0.15) is 0 Å². The van der Waals surface area contributed by atoms with E-state index < -0.39 is 17.7 Å². The first kappa shape index (κ1) is 12.1. The maximum absolute atomic E-state index is 11.5. The van der Waals surface area contributed by atoms with Gasteiger partial charge in [0.25, 0.3) is 0 Å². The minimum atomic E-state index is -0.965. The van der Waals surface area contributed by atoms with E-state index in [-0.39, 0.29) is 5.84 Å². The highest BCUT2D eigenvalue weighted by atomic mass is 16.3. The molecule has 0 aromatic rings. The molecule has 1 heterocycles. The fraction of sp³-hybridized carbons (Fsp3) is 0.667. The summed E-state index contributed by atoms with van der Waals surface area (Å²) in [6.07, 6.45) is 5.26. The van der Waals surface area contributed by atoms with Crippen LogP contribution < -0.4 is 5.32 Å². The number of allylic oxidation sites excluding steroid dienone is 1. The summed E-state index contributed by atoms with van der Waals surface area (Å²) in [4.78, 5) is 12.7. The van der Waals surface area contributed by atoms with E-state index in [1.54, 1.807) is 7.05 Å². The molecule has 1 fully saturated rings. The van der Waals surface area contributed by atoms with Crippen LogP contribution in [0.5, 0.6) is 0 Å². The molecule has 1 aliphatic carbocycles. The summed E-state index contributed by atoms with van der Waals surface area (Å²) in [7, 11) is 1.55. The smallest absolute Gasteiger partial charge is 0.324 e. The molecule has 1 aliphatic heterocycles. The van der Waals surface area contributed by atoms with Gasteiger partial charge in [-0.05, 0) is 32.6 Å². The van der Waals surface area contributed by atoms with E-state index in [2.05, 4.69) is 11.4 Å². The maximum atomic E-state index is 11.5. The van der Waals surface area contributed by atoms with Crippen LogP contribution in [0.25, 0.3) is 0 Å². The second-order valence-corrected chi connectivity index (χ2v) is 4.97. The normalized spacial score (nSPS) is 34.4. The second kappa shape index (κ2) is 4.14. The molecular formula is C12H19N3O2. The first-order valence-electron chi connectivity index (χ1n) is 5.98. The van der Waals surface area contributed by atoms with Crippen molar-refractivity contribution in [3.8, 4) is 0 Å². The predicted octanol–water partition coefficient (Wildman–Crippen LogP) is 1.44. The summed E-state index contributed by atoms with van der Waals surface area (Å²) >= 11 is 0. The predicted molar refractivity (Wildman–Crippen MR) is 64.7 cm³/mol. The Morgan fingerprint density at radius 2 is 2.29 bits per heavy atom. The molecule has 2 aliphatic rings. The number of aliphatic hydroxyl groups excluding tert-OH is 1. The Bertz CT molecular complexity index is 391. The molecule has 1 saturated heterocycles. The summed E-state index contributed by atoms with van der Waals surface area (Å²) < 4.78 is 0. The van der Waals surface area contributed by atoms with Crippen LogP contribution in [0.4, 0.5) is 4.79 Å². The lowest BCUT2D eigenvalue weighted by Gasteiger charge is -2.46. The Morgan fingerprint density at radius 3 is 2.88 bits per heavy atom. The molecule has 2 unspecified atom stereocenters. The van der Waals surface area contributed by atoms with Gasteiger partial charge in [0.1, 0.15) is 12.1 Å². The van der Waals surface area contributed by atoms with E-state index in [0.717, 1.165) is 31.3 Å². The van der Waals surface area contributed by atoms with Gasteiger partial charge < -0.3 is 10.0 Å². The van der Waals surface area contributed by atoms with Crippen LogP contribution in [0.3, 0.4) is 0 Å². The van der Waals surface area contributed by atoms with Crippen LogP contribution >= 0.6 is 0 Å². The molecule has 0 radical (unpaired) electrons. The van der Waals surface area contributed by atoms with Crippen molar-refractivity contribution in [3.63, 3.8) is 0 Å². The van der Waals surface area contributed by atoms with Crippen molar-refractivity contribution in [3.05, 3.63) is 11.6 Å². The third kappa shape index (κ3) is 1.74. The number of carbonyl (C=O) groups is 1. The monoisotopic (exact) mass is 237 g/mol. The van der Waals surface area contributed by atoms with Crippen molar-refractivity contribution in [1.82, 2.24) is 10.2 Å². The Labute approximate surface area is 101 Å². The highest BCUT2D eigenvalue weighted by Gasteiger charge is 2.48. The van der Waals surface area contributed by atoms with Crippen LogP contribution in [0.1, 0.15) is 32.6 Å². The minimum absolute atomic E-state index is 0.0984. The largest absolute Gasteiger partial charge is 0.372 e. The Morgan fingerprint density at radius 1 is 1.59 bits per heavy atom. The van der Waals surface area contributed by atoms with Crippen LogP contribution in [-0.2, 0) is 0 Å². The average Bonchev–Trinajstić information content (AvgIpc) is 2.35. The van der Waals surface area contributed by atoms with E-state index in [9.17, 15) is 9.90 Å². The fourth-order valence-electron chi connectivity index (χ4n) is 2.59. The molecule has 2 rings (SSSR count). The highest BCUT2D eigenvalue weighted by Crippen LogP contribution is 2.40. The molecule has 0 spiro atoms. The van der Waals surface area contributed by atoms with Crippen LogP contribution in [0.2, 0.25) is 0 Å². The number of nitrogens with zero attached hydrogens (tertiary/aromatic N) is 1. The zero-order valence-electron chi connectivity index (χ0n) is 10.3. The SMILES string of the molecule is CN1C(=O)NC(=N)C(C)(C2=CCCCC2)C1O. The number of amides is 2. The fourth-order valence-corrected chi connectivity index (χ4v) is 2.59. The van der Waals surface area contributed by atoms with Gasteiger partial charge >= 0.3 is 6.03 Å². The minimum Gasteiger partial charge on any atom is -0.372 e. The molecule has 2 amide bonds. The van der Waals surface area contributed by atoms with E-state index in [0.29, 0.717) is 0 Å².